The third-order valence-corrected chi connectivity index (χ3v) is 7.30. The lowest BCUT2D eigenvalue weighted by atomic mass is 9.69. The summed E-state index contributed by atoms with van der Waals surface area (Å²) in [5.41, 5.74) is 2.32. The number of methoxy groups -OCH3 is 1. The van der Waals surface area contributed by atoms with Crippen LogP contribution in [0.15, 0.2) is 53.4 Å². The van der Waals surface area contributed by atoms with Crippen LogP contribution in [0.4, 0.5) is 0 Å². The number of rotatable bonds is 6. The number of aliphatic hydroxyl groups excluding tert-OH is 1. The van der Waals surface area contributed by atoms with Gasteiger partial charge in [0, 0.05) is 22.0 Å². The molecule has 1 heterocycles. The first-order valence-electron chi connectivity index (χ1n) is 10.7. The zero-order valence-electron chi connectivity index (χ0n) is 18.1. The van der Waals surface area contributed by atoms with Crippen LogP contribution in [0, 0.1) is 5.41 Å². The summed E-state index contributed by atoms with van der Waals surface area (Å²) in [6, 6.07) is 16.8. The van der Waals surface area contributed by atoms with E-state index in [1.165, 1.54) is 16.0 Å². The molecule has 0 saturated carbocycles. The Morgan fingerprint density at radius 3 is 2.43 bits per heavy atom. The van der Waals surface area contributed by atoms with Gasteiger partial charge in [-0.3, -0.25) is 0 Å². The van der Waals surface area contributed by atoms with Crippen molar-refractivity contribution in [1.29, 1.82) is 0 Å². The Morgan fingerprint density at radius 2 is 1.82 bits per heavy atom. The zero-order valence-corrected chi connectivity index (χ0v) is 18.9. The van der Waals surface area contributed by atoms with E-state index in [2.05, 4.69) is 50.2 Å². The van der Waals surface area contributed by atoms with Crippen molar-refractivity contribution in [1.82, 2.24) is 0 Å². The molecule has 0 spiro atoms. The van der Waals surface area contributed by atoms with Crippen molar-refractivity contribution < 1.29 is 9.84 Å². The molecule has 0 amide bonds. The molecule has 0 aliphatic carbocycles. The van der Waals surface area contributed by atoms with Crippen LogP contribution in [-0.4, -0.2) is 24.1 Å². The van der Waals surface area contributed by atoms with Gasteiger partial charge in [-0.15, -0.1) is 11.8 Å². The van der Waals surface area contributed by atoms with Crippen LogP contribution in [0.2, 0.25) is 0 Å². The maximum absolute atomic E-state index is 11.7. The van der Waals surface area contributed by atoms with Crippen LogP contribution in [-0.2, 0) is 0 Å². The normalized spacial score (nSPS) is 23.8. The maximum Gasteiger partial charge on any atom is 0.119 e. The molecule has 0 fully saturated rings. The summed E-state index contributed by atoms with van der Waals surface area (Å²) in [4.78, 5) is 1.27. The maximum atomic E-state index is 11.7. The van der Waals surface area contributed by atoms with Gasteiger partial charge in [-0.2, -0.15) is 0 Å². The van der Waals surface area contributed by atoms with E-state index in [1.54, 1.807) is 7.11 Å². The molecule has 0 aromatic heterocycles. The summed E-state index contributed by atoms with van der Waals surface area (Å²) in [5.74, 6) is 1.80. The number of hydrogen-bond acceptors (Lipinski definition) is 3. The second kappa shape index (κ2) is 10.9. The Kier molecular flexibility index (Phi) is 8.91. The minimum absolute atomic E-state index is 0.0203. The quantitative estimate of drug-likeness (QED) is 0.571. The van der Waals surface area contributed by atoms with Crippen LogP contribution in [0.5, 0.6) is 5.75 Å². The predicted molar refractivity (Wildman–Crippen MR) is 122 cm³/mol. The van der Waals surface area contributed by atoms with Crippen molar-refractivity contribution in [2.75, 3.05) is 12.9 Å². The topological polar surface area (TPSA) is 29.5 Å². The molecule has 2 aromatic rings. The van der Waals surface area contributed by atoms with E-state index >= 15 is 0 Å². The molecule has 2 nitrogen and oxygen atoms in total. The SMILES string of the molecule is CC.CCCC[C@]1(CC)CSc2ccc(OC)cc2[C@H](c2ccccc2)[C@@H]1O. The van der Waals surface area contributed by atoms with Gasteiger partial charge < -0.3 is 9.84 Å². The highest BCUT2D eigenvalue weighted by Gasteiger charge is 2.44. The van der Waals surface area contributed by atoms with Crippen LogP contribution in [0.3, 0.4) is 0 Å². The fourth-order valence-electron chi connectivity index (χ4n) is 4.12. The van der Waals surface area contributed by atoms with Crippen LogP contribution in [0.25, 0.3) is 0 Å². The van der Waals surface area contributed by atoms with E-state index in [-0.39, 0.29) is 11.3 Å². The molecular formula is C25H36O2S. The van der Waals surface area contributed by atoms with Gasteiger partial charge in [0.1, 0.15) is 5.75 Å². The summed E-state index contributed by atoms with van der Waals surface area (Å²) in [6.07, 6.45) is 3.99. The highest BCUT2D eigenvalue weighted by molar-refractivity contribution is 7.99. The summed E-state index contributed by atoms with van der Waals surface area (Å²) < 4.78 is 5.49. The molecule has 28 heavy (non-hydrogen) atoms. The fraction of sp³-hybridized carbons (Fsp3) is 0.520. The Bertz CT molecular complexity index is 716. The number of benzene rings is 2. The minimum atomic E-state index is -0.401. The lowest BCUT2D eigenvalue weighted by molar-refractivity contribution is 0.0182. The molecule has 3 heteroatoms. The average Bonchev–Trinajstić information content (AvgIpc) is 2.88. The lowest BCUT2D eigenvalue weighted by Gasteiger charge is -2.39. The summed E-state index contributed by atoms with van der Waals surface area (Å²) in [7, 11) is 1.71. The number of fused-ring (bicyclic) bond motifs is 1. The molecule has 0 saturated heterocycles. The smallest absolute Gasteiger partial charge is 0.119 e. The number of ether oxygens (including phenoxy) is 1. The minimum Gasteiger partial charge on any atom is -0.497 e. The van der Waals surface area contributed by atoms with Gasteiger partial charge in [0.25, 0.3) is 0 Å². The molecule has 1 aliphatic rings. The van der Waals surface area contributed by atoms with E-state index in [0.717, 1.165) is 37.2 Å². The Balaban J connectivity index is 0.00000136. The van der Waals surface area contributed by atoms with Crippen molar-refractivity contribution >= 4 is 11.8 Å². The first-order chi connectivity index (χ1) is 13.6. The molecule has 3 rings (SSSR count). The fourth-order valence-corrected chi connectivity index (χ4v) is 5.60. The van der Waals surface area contributed by atoms with E-state index < -0.39 is 6.10 Å². The van der Waals surface area contributed by atoms with Gasteiger partial charge in [0.2, 0.25) is 0 Å². The van der Waals surface area contributed by atoms with Gasteiger partial charge in [-0.25, -0.2) is 0 Å². The number of aliphatic hydroxyl groups is 1. The first-order valence-corrected chi connectivity index (χ1v) is 11.7. The summed E-state index contributed by atoms with van der Waals surface area (Å²) >= 11 is 1.90. The van der Waals surface area contributed by atoms with Gasteiger partial charge >= 0.3 is 0 Å². The largest absolute Gasteiger partial charge is 0.497 e. The highest BCUT2D eigenvalue weighted by Crippen LogP contribution is 2.51. The Labute approximate surface area is 175 Å². The third-order valence-electron chi connectivity index (χ3n) is 5.90. The molecule has 0 unspecified atom stereocenters. The Hall–Kier alpha value is -1.45. The lowest BCUT2D eigenvalue weighted by Crippen LogP contribution is -2.40. The molecule has 0 radical (unpaired) electrons. The summed E-state index contributed by atoms with van der Waals surface area (Å²) in [5, 5.41) is 11.7. The number of thioether (sulfide) groups is 1. The molecular weight excluding hydrogens is 364 g/mol. The third kappa shape index (κ3) is 4.75. The predicted octanol–water partition coefficient (Wildman–Crippen LogP) is 6.91. The molecule has 0 bridgehead atoms. The van der Waals surface area contributed by atoms with Gasteiger partial charge in [0.15, 0.2) is 0 Å². The van der Waals surface area contributed by atoms with Crippen molar-refractivity contribution in [3.63, 3.8) is 0 Å². The van der Waals surface area contributed by atoms with Crippen molar-refractivity contribution in [3.8, 4) is 5.75 Å². The van der Waals surface area contributed by atoms with E-state index in [9.17, 15) is 5.11 Å². The van der Waals surface area contributed by atoms with Crippen LogP contribution < -0.4 is 4.74 Å². The van der Waals surface area contributed by atoms with Crippen LogP contribution >= 0.6 is 11.8 Å². The van der Waals surface area contributed by atoms with Gasteiger partial charge in [-0.05, 0) is 42.2 Å². The van der Waals surface area contributed by atoms with Crippen molar-refractivity contribution in [2.24, 2.45) is 5.41 Å². The number of hydrogen-bond donors (Lipinski definition) is 1. The van der Waals surface area contributed by atoms with Crippen LogP contribution in [0.1, 0.15) is 70.4 Å². The highest BCUT2D eigenvalue weighted by atomic mass is 32.2. The standard InChI is InChI=1S/C23H30O2S.C2H6/c1-4-6-14-23(5-2)16-26-20-13-12-18(25-3)15-19(20)21(22(23)24)17-10-8-7-9-11-17;1-2/h7-13,15,21-22,24H,4-6,14,16H2,1-3H3;1-2H3/t21-,22-,23+;/m0./s1. The van der Waals surface area contributed by atoms with E-state index in [1.807, 2.05) is 37.7 Å². The van der Waals surface area contributed by atoms with Gasteiger partial charge in [0.05, 0.1) is 13.2 Å². The monoisotopic (exact) mass is 400 g/mol. The second-order valence-corrected chi connectivity index (χ2v) is 8.36. The zero-order chi connectivity index (χ0) is 20.6. The Morgan fingerprint density at radius 1 is 1.11 bits per heavy atom. The molecule has 2 aromatic carbocycles. The van der Waals surface area contributed by atoms with Crippen molar-refractivity contribution in [2.45, 2.75) is 70.3 Å². The average molecular weight is 401 g/mol. The molecule has 1 N–H and O–H groups in total. The molecule has 3 atom stereocenters. The summed E-state index contributed by atoms with van der Waals surface area (Å²) in [6.45, 7) is 8.46. The van der Waals surface area contributed by atoms with E-state index in [0.29, 0.717) is 0 Å². The molecule has 154 valence electrons. The molecule has 1 aliphatic heterocycles. The first kappa shape index (κ1) is 22.8. The van der Waals surface area contributed by atoms with Gasteiger partial charge in [-0.1, -0.05) is 70.9 Å². The van der Waals surface area contributed by atoms with Crippen molar-refractivity contribution in [3.05, 3.63) is 59.7 Å². The number of unbranched alkanes of at least 4 members (excludes halogenated alkanes) is 1. The second-order valence-electron chi connectivity index (χ2n) is 7.35. The van der Waals surface area contributed by atoms with E-state index in [4.69, 9.17) is 4.74 Å².